The van der Waals surface area contributed by atoms with Crippen LogP contribution in [0, 0.1) is 11.3 Å². The van der Waals surface area contributed by atoms with E-state index in [0.717, 1.165) is 35.8 Å². The van der Waals surface area contributed by atoms with Crippen LogP contribution in [0.25, 0.3) is 10.8 Å². The number of anilines is 1. The van der Waals surface area contributed by atoms with Gasteiger partial charge in [-0.1, -0.05) is 0 Å². The Labute approximate surface area is 122 Å². The van der Waals surface area contributed by atoms with Crippen molar-refractivity contribution >= 4 is 22.4 Å². The van der Waals surface area contributed by atoms with E-state index in [1.165, 1.54) is 0 Å². The van der Waals surface area contributed by atoms with Crippen molar-refractivity contribution in [3.05, 3.63) is 36.2 Å². The van der Waals surface area contributed by atoms with Gasteiger partial charge >= 0.3 is 5.97 Å². The van der Waals surface area contributed by atoms with Gasteiger partial charge in [0.1, 0.15) is 17.8 Å². The van der Waals surface area contributed by atoms with Gasteiger partial charge in [0.15, 0.2) is 0 Å². The summed E-state index contributed by atoms with van der Waals surface area (Å²) < 4.78 is 0. The molecule has 5 heteroatoms. The smallest absolute Gasteiger partial charge is 0.326 e. The summed E-state index contributed by atoms with van der Waals surface area (Å²) in [6.45, 7) is 0.749. The molecular weight excluding hydrogens is 266 g/mol. The zero-order valence-electron chi connectivity index (χ0n) is 11.5. The Bertz CT molecular complexity index is 736. The van der Waals surface area contributed by atoms with E-state index in [0.29, 0.717) is 12.1 Å². The minimum atomic E-state index is -0.776. The van der Waals surface area contributed by atoms with Crippen molar-refractivity contribution in [3.8, 4) is 6.07 Å². The van der Waals surface area contributed by atoms with Crippen LogP contribution >= 0.6 is 0 Å². The van der Waals surface area contributed by atoms with Crippen LogP contribution in [-0.4, -0.2) is 28.6 Å². The number of hydrogen-bond donors (Lipinski definition) is 1. The molecule has 0 amide bonds. The molecule has 5 nitrogen and oxygen atoms in total. The van der Waals surface area contributed by atoms with E-state index in [1.54, 1.807) is 6.20 Å². The fourth-order valence-electron chi connectivity index (χ4n) is 2.93. The molecule has 2 aromatic rings. The fourth-order valence-corrected chi connectivity index (χ4v) is 2.93. The molecule has 3 rings (SSSR count). The summed E-state index contributed by atoms with van der Waals surface area (Å²) in [6, 6.07) is 9.13. The van der Waals surface area contributed by atoms with E-state index in [9.17, 15) is 9.90 Å². The molecule has 1 saturated heterocycles. The minimum absolute atomic E-state index is 0.396. The Morgan fingerprint density at radius 1 is 1.38 bits per heavy atom. The first-order valence-corrected chi connectivity index (χ1v) is 6.99. The van der Waals surface area contributed by atoms with E-state index in [-0.39, 0.29) is 0 Å². The van der Waals surface area contributed by atoms with Gasteiger partial charge in [-0.15, -0.1) is 0 Å². The Kier molecular flexibility index (Phi) is 3.44. The van der Waals surface area contributed by atoms with Gasteiger partial charge in [-0.3, -0.25) is 0 Å². The fraction of sp³-hybridized carbons (Fsp3) is 0.312. The van der Waals surface area contributed by atoms with E-state index >= 15 is 0 Å². The molecule has 1 aliphatic heterocycles. The number of benzene rings is 1. The van der Waals surface area contributed by atoms with E-state index in [1.807, 2.05) is 29.2 Å². The maximum atomic E-state index is 11.4. The number of rotatable bonds is 2. The number of nitriles is 1. The molecule has 1 aromatic heterocycles. The number of aromatic nitrogens is 1. The third-order valence-electron chi connectivity index (χ3n) is 3.97. The van der Waals surface area contributed by atoms with Crippen LogP contribution in [0.1, 0.15) is 25.0 Å². The second-order valence-corrected chi connectivity index (χ2v) is 5.22. The predicted octanol–water partition coefficient (Wildman–Crippen LogP) is 2.55. The average molecular weight is 281 g/mol. The lowest BCUT2D eigenvalue weighted by atomic mass is 10.0. The van der Waals surface area contributed by atoms with Crippen molar-refractivity contribution in [1.82, 2.24) is 4.98 Å². The third kappa shape index (κ3) is 2.40. The van der Waals surface area contributed by atoms with Crippen LogP contribution in [0.15, 0.2) is 30.5 Å². The second kappa shape index (κ2) is 5.41. The number of nitrogens with zero attached hydrogens (tertiary/aromatic N) is 3. The second-order valence-electron chi connectivity index (χ2n) is 5.22. The molecule has 1 aromatic carbocycles. The van der Waals surface area contributed by atoms with Crippen LogP contribution in [0.5, 0.6) is 0 Å². The van der Waals surface area contributed by atoms with Gasteiger partial charge in [-0.05, 0) is 48.9 Å². The van der Waals surface area contributed by atoms with Crippen molar-refractivity contribution in [2.24, 2.45) is 0 Å². The monoisotopic (exact) mass is 281 g/mol. The lowest BCUT2D eigenvalue weighted by Crippen LogP contribution is -2.44. The van der Waals surface area contributed by atoms with Crippen LogP contribution in [0.3, 0.4) is 0 Å². The Morgan fingerprint density at radius 3 is 3.00 bits per heavy atom. The Balaban J connectivity index is 2.04. The largest absolute Gasteiger partial charge is 0.480 e. The number of carbonyl (C=O) groups is 1. The molecule has 1 fully saturated rings. The number of hydrogen-bond acceptors (Lipinski definition) is 4. The maximum absolute atomic E-state index is 11.4. The van der Waals surface area contributed by atoms with Crippen molar-refractivity contribution in [1.29, 1.82) is 5.26 Å². The first-order valence-electron chi connectivity index (χ1n) is 6.99. The van der Waals surface area contributed by atoms with Gasteiger partial charge in [-0.25, -0.2) is 9.78 Å². The Hall–Kier alpha value is -2.61. The van der Waals surface area contributed by atoms with E-state index in [4.69, 9.17) is 5.26 Å². The summed E-state index contributed by atoms with van der Waals surface area (Å²) in [5, 5.41) is 20.1. The molecule has 21 heavy (non-hydrogen) atoms. The van der Waals surface area contributed by atoms with Gasteiger partial charge < -0.3 is 10.0 Å². The molecule has 1 N–H and O–H groups in total. The molecular formula is C16H15N3O2. The lowest BCUT2D eigenvalue weighted by Gasteiger charge is -2.35. The molecule has 0 saturated carbocycles. The van der Waals surface area contributed by atoms with E-state index < -0.39 is 12.0 Å². The zero-order chi connectivity index (χ0) is 14.8. The molecule has 1 atom stereocenters. The molecule has 106 valence electrons. The minimum Gasteiger partial charge on any atom is -0.480 e. The number of piperidine rings is 1. The van der Waals surface area contributed by atoms with Gasteiger partial charge in [0.05, 0.1) is 0 Å². The van der Waals surface area contributed by atoms with Gasteiger partial charge in [-0.2, -0.15) is 5.26 Å². The number of fused-ring (bicyclic) bond motifs is 1. The highest BCUT2D eigenvalue weighted by Crippen LogP contribution is 2.28. The summed E-state index contributed by atoms with van der Waals surface area (Å²) in [4.78, 5) is 17.4. The summed E-state index contributed by atoms with van der Waals surface area (Å²) in [7, 11) is 0. The molecule has 0 bridgehead atoms. The first-order chi connectivity index (χ1) is 10.2. The number of aliphatic carboxylic acids is 1. The van der Waals surface area contributed by atoms with Gasteiger partial charge in [0, 0.05) is 23.8 Å². The van der Waals surface area contributed by atoms with Crippen molar-refractivity contribution < 1.29 is 9.90 Å². The first kappa shape index (κ1) is 13.4. The van der Waals surface area contributed by atoms with E-state index in [2.05, 4.69) is 11.1 Å². The van der Waals surface area contributed by atoms with Crippen molar-refractivity contribution in [3.63, 3.8) is 0 Å². The van der Waals surface area contributed by atoms with Crippen molar-refractivity contribution in [2.45, 2.75) is 25.3 Å². The summed E-state index contributed by atoms with van der Waals surface area (Å²) >= 11 is 0. The van der Waals surface area contributed by atoms with Crippen molar-refractivity contribution in [2.75, 3.05) is 11.4 Å². The van der Waals surface area contributed by atoms with Crippen LogP contribution in [0.4, 0.5) is 5.69 Å². The molecule has 1 aliphatic rings. The standard InChI is InChI=1S/C16H15N3O2/c17-10-14-13-5-4-12(9-11(13)6-7-18-14)19-8-2-1-3-15(19)16(20)21/h4-7,9,15H,1-3,8H2,(H,20,21). The Morgan fingerprint density at radius 2 is 2.24 bits per heavy atom. The third-order valence-corrected chi connectivity index (χ3v) is 3.97. The zero-order valence-corrected chi connectivity index (χ0v) is 11.5. The number of carboxylic acids is 1. The van der Waals surface area contributed by atoms with Crippen LogP contribution in [0.2, 0.25) is 0 Å². The quantitative estimate of drug-likeness (QED) is 0.915. The SMILES string of the molecule is N#Cc1nccc2cc(N3CCCCC3C(=O)O)ccc12. The highest BCUT2D eigenvalue weighted by atomic mass is 16.4. The molecule has 0 aliphatic carbocycles. The van der Waals surface area contributed by atoms with Crippen LogP contribution < -0.4 is 4.90 Å². The summed E-state index contributed by atoms with van der Waals surface area (Å²) in [5.74, 6) is -0.776. The summed E-state index contributed by atoms with van der Waals surface area (Å²) in [5.41, 5.74) is 1.29. The lowest BCUT2D eigenvalue weighted by molar-refractivity contribution is -0.139. The highest BCUT2D eigenvalue weighted by molar-refractivity contribution is 5.90. The number of carboxylic acid groups (broad SMARTS) is 1. The predicted molar refractivity (Wildman–Crippen MR) is 79.1 cm³/mol. The van der Waals surface area contributed by atoms with Gasteiger partial charge in [0.25, 0.3) is 0 Å². The number of pyridine rings is 1. The topological polar surface area (TPSA) is 77.2 Å². The normalized spacial score (nSPS) is 18.4. The molecule has 0 spiro atoms. The maximum Gasteiger partial charge on any atom is 0.326 e. The van der Waals surface area contributed by atoms with Gasteiger partial charge in [0.2, 0.25) is 0 Å². The molecule has 2 heterocycles. The molecule has 1 unspecified atom stereocenters. The summed E-state index contributed by atoms with van der Waals surface area (Å²) in [6.07, 6.45) is 4.23. The molecule has 0 radical (unpaired) electrons. The highest BCUT2D eigenvalue weighted by Gasteiger charge is 2.28. The van der Waals surface area contributed by atoms with Crippen LogP contribution in [-0.2, 0) is 4.79 Å². The average Bonchev–Trinajstić information content (AvgIpc) is 2.53.